The number of benzene rings is 1. The van der Waals surface area contributed by atoms with Crippen molar-refractivity contribution in [3.05, 3.63) is 45.0 Å². The van der Waals surface area contributed by atoms with Crippen LogP contribution in [0.15, 0.2) is 22.8 Å². The lowest BCUT2D eigenvalue weighted by atomic mass is 9.93. The SMILES string of the molecule is COc1c(C)c2c(c(N)c1C/C=C(\C)C1=C(C(=O)O)CCC1)C(=O)OC2. The molecule has 3 rings (SSSR count). The number of fused-ring (bicyclic) bond motifs is 1. The van der Waals surface area contributed by atoms with Crippen LogP contribution in [0.1, 0.15) is 53.2 Å². The van der Waals surface area contributed by atoms with Crippen LogP contribution in [-0.4, -0.2) is 24.2 Å². The van der Waals surface area contributed by atoms with E-state index in [0.29, 0.717) is 35.4 Å². The maximum Gasteiger partial charge on any atom is 0.341 e. The van der Waals surface area contributed by atoms with Crippen molar-refractivity contribution in [3.8, 4) is 5.75 Å². The number of cyclic esters (lactones) is 1. The van der Waals surface area contributed by atoms with Gasteiger partial charge in [-0.1, -0.05) is 11.6 Å². The van der Waals surface area contributed by atoms with Crippen molar-refractivity contribution in [3.63, 3.8) is 0 Å². The first kappa shape index (κ1) is 18.0. The second-order valence-electron chi connectivity index (χ2n) is 6.69. The number of methoxy groups -OCH3 is 1. The Morgan fingerprint density at radius 2 is 2.04 bits per heavy atom. The molecule has 138 valence electrons. The van der Waals surface area contributed by atoms with Gasteiger partial charge in [-0.2, -0.15) is 0 Å². The first-order valence-corrected chi connectivity index (χ1v) is 8.64. The van der Waals surface area contributed by atoms with Gasteiger partial charge in [-0.25, -0.2) is 9.59 Å². The van der Waals surface area contributed by atoms with Crippen molar-refractivity contribution in [2.45, 2.75) is 46.1 Å². The summed E-state index contributed by atoms with van der Waals surface area (Å²) in [4.78, 5) is 23.4. The molecule has 3 N–H and O–H groups in total. The van der Waals surface area contributed by atoms with Gasteiger partial charge in [0, 0.05) is 16.7 Å². The Morgan fingerprint density at radius 3 is 2.69 bits per heavy atom. The molecule has 1 aromatic carbocycles. The largest absolute Gasteiger partial charge is 0.496 e. The minimum Gasteiger partial charge on any atom is -0.496 e. The summed E-state index contributed by atoms with van der Waals surface area (Å²) in [5.74, 6) is -0.599. The van der Waals surface area contributed by atoms with Gasteiger partial charge in [0.1, 0.15) is 12.4 Å². The van der Waals surface area contributed by atoms with Crippen molar-refractivity contribution in [2.24, 2.45) is 0 Å². The normalized spacial score (nSPS) is 16.7. The quantitative estimate of drug-likeness (QED) is 0.620. The van der Waals surface area contributed by atoms with Crippen molar-refractivity contribution >= 4 is 17.6 Å². The van der Waals surface area contributed by atoms with E-state index in [9.17, 15) is 14.7 Å². The first-order chi connectivity index (χ1) is 12.4. The fourth-order valence-electron chi connectivity index (χ4n) is 3.88. The molecule has 0 spiro atoms. The Bertz CT molecular complexity index is 864. The minimum absolute atomic E-state index is 0.213. The molecule has 6 nitrogen and oxygen atoms in total. The highest BCUT2D eigenvalue weighted by molar-refractivity contribution is 6.01. The summed E-state index contributed by atoms with van der Waals surface area (Å²) in [6.07, 6.45) is 4.65. The van der Waals surface area contributed by atoms with Crippen LogP contribution in [-0.2, 0) is 22.6 Å². The van der Waals surface area contributed by atoms with Crippen LogP contribution in [0.25, 0.3) is 0 Å². The molecule has 26 heavy (non-hydrogen) atoms. The number of aliphatic carboxylic acids is 1. The van der Waals surface area contributed by atoms with Gasteiger partial charge in [0.05, 0.1) is 18.4 Å². The van der Waals surface area contributed by atoms with Gasteiger partial charge in [0.25, 0.3) is 0 Å². The molecule has 0 saturated carbocycles. The third kappa shape index (κ3) is 2.85. The van der Waals surface area contributed by atoms with E-state index in [0.717, 1.165) is 40.7 Å². The van der Waals surface area contributed by atoms with Crippen molar-refractivity contribution < 1.29 is 24.2 Å². The average Bonchev–Trinajstić information content (AvgIpc) is 3.23. The van der Waals surface area contributed by atoms with Gasteiger partial charge in [-0.15, -0.1) is 0 Å². The number of carbonyl (C=O) groups excluding carboxylic acids is 1. The Hall–Kier alpha value is -2.76. The van der Waals surface area contributed by atoms with E-state index in [1.54, 1.807) is 7.11 Å². The zero-order valence-electron chi connectivity index (χ0n) is 15.3. The Balaban J connectivity index is 2.02. The summed E-state index contributed by atoms with van der Waals surface area (Å²) < 4.78 is 10.7. The predicted molar refractivity (Wildman–Crippen MR) is 97.2 cm³/mol. The summed E-state index contributed by atoms with van der Waals surface area (Å²) in [5.41, 5.74) is 11.8. The fourth-order valence-corrected chi connectivity index (χ4v) is 3.88. The maximum atomic E-state index is 12.0. The molecule has 1 aliphatic heterocycles. The zero-order chi connectivity index (χ0) is 19.0. The van der Waals surface area contributed by atoms with Crippen LogP contribution in [0.2, 0.25) is 0 Å². The molecular formula is C20H23NO5. The summed E-state index contributed by atoms with van der Waals surface area (Å²) in [6.45, 7) is 4.02. The smallest absolute Gasteiger partial charge is 0.341 e. The number of carboxylic acid groups (broad SMARTS) is 1. The highest BCUT2D eigenvalue weighted by atomic mass is 16.5. The van der Waals surface area contributed by atoms with E-state index >= 15 is 0 Å². The van der Waals surface area contributed by atoms with E-state index in [2.05, 4.69) is 0 Å². The van der Waals surface area contributed by atoms with Gasteiger partial charge in [-0.05, 0) is 50.7 Å². The second kappa shape index (κ2) is 6.86. The number of esters is 1. The van der Waals surface area contributed by atoms with E-state index in [1.165, 1.54) is 0 Å². The van der Waals surface area contributed by atoms with Gasteiger partial charge in [0.2, 0.25) is 0 Å². The molecule has 0 unspecified atom stereocenters. The Morgan fingerprint density at radius 1 is 1.35 bits per heavy atom. The number of carbonyl (C=O) groups is 2. The van der Waals surface area contributed by atoms with Crippen LogP contribution >= 0.6 is 0 Å². The number of rotatable bonds is 5. The number of ether oxygens (including phenoxy) is 2. The van der Waals surface area contributed by atoms with Crippen LogP contribution in [0, 0.1) is 6.92 Å². The lowest BCUT2D eigenvalue weighted by molar-refractivity contribution is -0.132. The molecule has 0 atom stereocenters. The van der Waals surface area contributed by atoms with E-state index < -0.39 is 11.9 Å². The van der Waals surface area contributed by atoms with Crippen LogP contribution in [0.3, 0.4) is 0 Å². The van der Waals surface area contributed by atoms with Crippen LogP contribution in [0.5, 0.6) is 5.75 Å². The molecule has 6 heteroatoms. The Labute approximate surface area is 152 Å². The number of carboxylic acids is 1. The summed E-state index contributed by atoms with van der Waals surface area (Å²) >= 11 is 0. The van der Waals surface area contributed by atoms with Crippen molar-refractivity contribution in [2.75, 3.05) is 12.8 Å². The molecule has 0 amide bonds. The monoisotopic (exact) mass is 357 g/mol. The van der Waals surface area contributed by atoms with Crippen molar-refractivity contribution in [1.82, 2.24) is 0 Å². The van der Waals surface area contributed by atoms with Gasteiger partial charge < -0.3 is 20.3 Å². The fraction of sp³-hybridized carbons (Fsp3) is 0.400. The molecule has 1 aliphatic carbocycles. The van der Waals surface area contributed by atoms with E-state index in [1.807, 2.05) is 19.9 Å². The molecule has 0 radical (unpaired) electrons. The summed E-state index contributed by atoms with van der Waals surface area (Å²) in [7, 11) is 1.58. The highest BCUT2D eigenvalue weighted by Gasteiger charge is 2.30. The zero-order valence-corrected chi connectivity index (χ0v) is 15.3. The number of allylic oxidation sites excluding steroid dienone is 3. The number of hydrogen-bond acceptors (Lipinski definition) is 5. The van der Waals surface area contributed by atoms with Crippen LogP contribution < -0.4 is 10.5 Å². The van der Waals surface area contributed by atoms with Gasteiger partial charge in [0.15, 0.2) is 0 Å². The molecule has 1 aromatic rings. The third-order valence-corrected chi connectivity index (χ3v) is 5.28. The second-order valence-corrected chi connectivity index (χ2v) is 6.69. The predicted octanol–water partition coefficient (Wildman–Crippen LogP) is 3.31. The standard InChI is InChI=1S/C20H23NO5/c1-10(12-5-4-6-13(12)19(22)23)7-8-14-17(21)16-15(9-26-20(16)24)11(2)18(14)25-3/h7H,4-6,8-9,21H2,1-3H3,(H,22,23)/b10-7+. The lowest BCUT2D eigenvalue weighted by Crippen LogP contribution is -2.08. The van der Waals surface area contributed by atoms with E-state index in [-0.39, 0.29) is 6.61 Å². The minimum atomic E-state index is -0.849. The lowest BCUT2D eigenvalue weighted by Gasteiger charge is -2.17. The van der Waals surface area contributed by atoms with E-state index in [4.69, 9.17) is 15.2 Å². The Kier molecular flexibility index (Phi) is 4.76. The molecule has 0 aromatic heterocycles. The first-order valence-electron chi connectivity index (χ1n) is 8.64. The molecule has 2 aliphatic rings. The third-order valence-electron chi connectivity index (χ3n) is 5.28. The molecule has 1 heterocycles. The molecular weight excluding hydrogens is 334 g/mol. The topological polar surface area (TPSA) is 98.9 Å². The number of nitrogen functional groups attached to an aromatic ring is 1. The molecule has 0 bridgehead atoms. The number of hydrogen-bond donors (Lipinski definition) is 2. The van der Waals surface area contributed by atoms with Crippen molar-refractivity contribution in [1.29, 1.82) is 0 Å². The molecule has 0 saturated heterocycles. The van der Waals surface area contributed by atoms with Gasteiger partial charge in [-0.3, -0.25) is 0 Å². The maximum absolute atomic E-state index is 12.0. The van der Waals surface area contributed by atoms with Gasteiger partial charge >= 0.3 is 11.9 Å². The number of anilines is 1. The highest BCUT2D eigenvalue weighted by Crippen LogP contribution is 2.40. The van der Waals surface area contributed by atoms with Crippen LogP contribution in [0.4, 0.5) is 5.69 Å². The average molecular weight is 357 g/mol. The summed E-state index contributed by atoms with van der Waals surface area (Å²) in [5, 5.41) is 9.34. The summed E-state index contributed by atoms with van der Waals surface area (Å²) in [6, 6.07) is 0. The molecule has 0 fully saturated rings. The number of nitrogens with two attached hydrogens (primary N) is 1.